The van der Waals surface area contributed by atoms with Gasteiger partial charge in [-0.15, -0.1) is 0 Å². The average molecular weight is 195 g/mol. The fraction of sp³-hybridized carbons (Fsp3) is 0.667. The Morgan fingerprint density at radius 1 is 1.21 bits per heavy atom. The van der Waals surface area contributed by atoms with Gasteiger partial charge in [0.1, 0.15) is 5.76 Å². The largest absolute Gasteiger partial charge is 0.468 e. The second-order valence-electron chi connectivity index (χ2n) is 4.47. The summed E-state index contributed by atoms with van der Waals surface area (Å²) in [7, 11) is 0. The van der Waals surface area contributed by atoms with Crippen molar-refractivity contribution in [1.82, 2.24) is 5.32 Å². The van der Waals surface area contributed by atoms with Crippen LogP contribution in [0.4, 0.5) is 0 Å². The minimum atomic E-state index is 0.556. The van der Waals surface area contributed by atoms with Crippen LogP contribution in [0.5, 0.6) is 0 Å². The van der Waals surface area contributed by atoms with Gasteiger partial charge in [-0.25, -0.2) is 0 Å². The van der Waals surface area contributed by atoms with Crippen LogP contribution in [0.2, 0.25) is 0 Å². The lowest BCUT2D eigenvalue weighted by Gasteiger charge is -2.25. The number of nitrogens with one attached hydrogen (secondary N) is 1. The summed E-state index contributed by atoms with van der Waals surface area (Å²) in [5.74, 6) is 2.33. The molecule has 1 aromatic heterocycles. The van der Waals surface area contributed by atoms with Crippen molar-refractivity contribution in [2.45, 2.75) is 40.3 Å². The molecule has 0 fully saturated rings. The average Bonchev–Trinajstić information content (AvgIpc) is 2.55. The summed E-state index contributed by atoms with van der Waals surface area (Å²) in [6.07, 6.45) is 1.72. The van der Waals surface area contributed by atoms with Crippen molar-refractivity contribution >= 4 is 0 Å². The first kappa shape index (κ1) is 11.3. The number of rotatable bonds is 5. The van der Waals surface area contributed by atoms with E-state index < -0.39 is 0 Å². The van der Waals surface area contributed by atoms with Crippen LogP contribution in [0.25, 0.3) is 0 Å². The zero-order chi connectivity index (χ0) is 10.6. The van der Waals surface area contributed by atoms with E-state index in [1.165, 1.54) is 0 Å². The van der Waals surface area contributed by atoms with Crippen LogP contribution in [0.15, 0.2) is 22.8 Å². The molecule has 1 N–H and O–H groups in total. The third kappa shape index (κ3) is 3.18. The normalized spacial score (nSPS) is 11.9. The van der Waals surface area contributed by atoms with Crippen LogP contribution in [-0.2, 0) is 6.54 Å². The van der Waals surface area contributed by atoms with Gasteiger partial charge in [-0.3, -0.25) is 0 Å². The monoisotopic (exact) mass is 195 g/mol. The third-order valence-corrected chi connectivity index (χ3v) is 2.53. The lowest BCUT2D eigenvalue weighted by molar-refractivity contribution is 0.303. The number of hydrogen-bond acceptors (Lipinski definition) is 2. The van der Waals surface area contributed by atoms with E-state index in [0.717, 1.165) is 12.3 Å². The van der Waals surface area contributed by atoms with Crippen molar-refractivity contribution in [3.8, 4) is 0 Å². The predicted molar refractivity (Wildman–Crippen MR) is 59.0 cm³/mol. The summed E-state index contributed by atoms with van der Waals surface area (Å²) in [5, 5.41) is 3.53. The molecule has 1 aromatic rings. The van der Waals surface area contributed by atoms with Crippen LogP contribution in [0, 0.1) is 11.8 Å². The first-order valence-corrected chi connectivity index (χ1v) is 5.37. The molecule has 0 bridgehead atoms. The maximum atomic E-state index is 5.28. The Kier molecular flexibility index (Phi) is 4.21. The fourth-order valence-corrected chi connectivity index (χ4v) is 1.87. The zero-order valence-electron chi connectivity index (χ0n) is 9.58. The lowest BCUT2D eigenvalue weighted by atomic mass is 9.93. The van der Waals surface area contributed by atoms with E-state index in [-0.39, 0.29) is 0 Å². The van der Waals surface area contributed by atoms with Crippen LogP contribution < -0.4 is 5.32 Å². The van der Waals surface area contributed by atoms with Crippen molar-refractivity contribution in [1.29, 1.82) is 0 Å². The molecule has 0 atom stereocenters. The van der Waals surface area contributed by atoms with E-state index in [0.29, 0.717) is 17.9 Å². The van der Waals surface area contributed by atoms with Crippen LogP contribution in [-0.4, -0.2) is 6.04 Å². The summed E-state index contributed by atoms with van der Waals surface area (Å²) >= 11 is 0. The molecule has 2 nitrogen and oxygen atoms in total. The van der Waals surface area contributed by atoms with Gasteiger partial charge >= 0.3 is 0 Å². The summed E-state index contributed by atoms with van der Waals surface area (Å²) in [6.45, 7) is 9.83. The first-order valence-electron chi connectivity index (χ1n) is 5.37. The molecule has 14 heavy (non-hydrogen) atoms. The maximum Gasteiger partial charge on any atom is 0.117 e. The quantitative estimate of drug-likeness (QED) is 0.781. The van der Waals surface area contributed by atoms with E-state index in [2.05, 4.69) is 33.0 Å². The Morgan fingerprint density at radius 2 is 1.86 bits per heavy atom. The van der Waals surface area contributed by atoms with E-state index in [9.17, 15) is 0 Å². The van der Waals surface area contributed by atoms with E-state index in [1.807, 2.05) is 12.1 Å². The van der Waals surface area contributed by atoms with Crippen molar-refractivity contribution in [3.63, 3.8) is 0 Å². The molecule has 0 saturated carbocycles. The summed E-state index contributed by atoms with van der Waals surface area (Å²) in [4.78, 5) is 0. The van der Waals surface area contributed by atoms with Crippen molar-refractivity contribution < 1.29 is 4.42 Å². The molecule has 0 unspecified atom stereocenters. The molecule has 80 valence electrons. The third-order valence-electron chi connectivity index (χ3n) is 2.53. The fourth-order valence-electron chi connectivity index (χ4n) is 1.87. The van der Waals surface area contributed by atoms with Crippen LogP contribution >= 0.6 is 0 Å². The molecule has 0 aromatic carbocycles. The zero-order valence-corrected chi connectivity index (χ0v) is 9.58. The molecule has 1 rings (SSSR count). The molecule has 0 amide bonds. The minimum Gasteiger partial charge on any atom is -0.468 e. The highest BCUT2D eigenvalue weighted by atomic mass is 16.3. The van der Waals surface area contributed by atoms with Gasteiger partial charge in [0.25, 0.3) is 0 Å². The number of furan rings is 1. The van der Waals surface area contributed by atoms with Gasteiger partial charge < -0.3 is 9.73 Å². The van der Waals surface area contributed by atoms with Gasteiger partial charge in [0.15, 0.2) is 0 Å². The van der Waals surface area contributed by atoms with E-state index in [1.54, 1.807) is 6.26 Å². The van der Waals surface area contributed by atoms with Gasteiger partial charge in [-0.1, -0.05) is 27.7 Å². The van der Waals surface area contributed by atoms with Gasteiger partial charge in [-0.2, -0.15) is 0 Å². The van der Waals surface area contributed by atoms with Crippen molar-refractivity contribution in [2.24, 2.45) is 11.8 Å². The molecule has 0 spiro atoms. The smallest absolute Gasteiger partial charge is 0.117 e. The molecule has 0 radical (unpaired) electrons. The molecule has 0 aliphatic rings. The topological polar surface area (TPSA) is 25.2 Å². The Labute approximate surface area is 86.7 Å². The predicted octanol–water partition coefficient (Wildman–Crippen LogP) is 3.05. The summed E-state index contributed by atoms with van der Waals surface area (Å²) < 4.78 is 5.28. The second kappa shape index (κ2) is 5.20. The molecule has 0 aliphatic carbocycles. The summed E-state index contributed by atoms with van der Waals surface area (Å²) in [6, 6.07) is 4.49. The maximum absolute atomic E-state index is 5.28. The summed E-state index contributed by atoms with van der Waals surface area (Å²) in [5.41, 5.74) is 0. The Bertz CT molecular complexity index is 231. The second-order valence-corrected chi connectivity index (χ2v) is 4.47. The highest BCUT2D eigenvalue weighted by Gasteiger charge is 2.16. The SMILES string of the molecule is CC(C)C(NCc1ccco1)C(C)C. The molecule has 2 heteroatoms. The van der Waals surface area contributed by atoms with Crippen LogP contribution in [0.1, 0.15) is 33.5 Å². The van der Waals surface area contributed by atoms with Gasteiger partial charge in [0.05, 0.1) is 12.8 Å². The highest BCUT2D eigenvalue weighted by Crippen LogP contribution is 2.12. The van der Waals surface area contributed by atoms with E-state index >= 15 is 0 Å². The molecular weight excluding hydrogens is 174 g/mol. The Balaban J connectivity index is 2.41. The molecule has 1 heterocycles. The minimum absolute atomic E-state index is 0.556. The van der Waals surface area contributed by atoms with Gasteiger partial charge in [0, 0.05) is 6.04 Å². The highest BCUT2D eigenvalue weighted by molar-refractivity contribution is 4.98. The van der Waals surface area contributed by atoms with Crippen molar-refractivity contribution in [3.05, 3.63) is 24.2 Å². The van der Waals surface area contributed by atoms with Crippen LogP contribution in [0.3, 0.4) is 0 Å². The number of hydrogen-bond donors (Lipinski definition) is 1. The van der Waals surface area contributed by atoms with Gasteiger partial charge in [-0.05, 0) is 24.0 Å². The van der Waals surface area contributed by atoms with Crippen molar-refractivity contribution in [2.75, 3.05) is 0 Å². The standard InChI is InChI=1S/C12H21NO/c1-9(2)12(10(3)4)13-8-11-6-5-7-14-11/h5-7,9-10,12-13H,8H2,1-4H3. The first-order chi connectivity index (χ1) is 6.61. The van der Waals surface area contributed by atoms with Gasteiger partial charge in [0.2, 0.25) is 0 Å². The molecule has 0 aliphatic heterocycles. The van der Waals surface area contributed by atoms with E-state index in [4.69, 9.17) is 4.42 Å². The molecule has 0 saturated heterocycles. The Morgan fingerprint density at radius 3 is 2.29 bits per heavy atom. The lowest BCUT2D eigenvalue weighted by Crippen LogP contribution is -2.37. The molecular formula is C12H21NO. The Hall–Kier alpha value is -0.760.